The number of nitrogen functional groups attached to an aromatic ring is 1. The number of rotatable bonds is 7. The number of aromatic hydroxyl groups is 1. The van der Waals surface area contributed by atoms with Gasteiger partial charge in [-0.1, -0.05) is 39.3 Å². The molecule has 4 aromatic rings. The van der Waals surface area contributed by atoms with Crippen LogP contribution < -0.4 is 16.5 Å². The Morgan fingerprint density at radius 1 is 1.25 bits per heavy atom. The van der Waals surface area contributed by atoms with E-state index < -0.39 is 5.91 Å². The van der Waals surface area contributed by atoms with Crippen molar-refractivity contribution in [3.63, 3.8) is 0 Å². The van der Waals surface area contributed by atoms with Crippen LogP contribution in [-0.4, -0.2) is 42.5 Å². The molecule has 0 radical (unpaired) electrons. The molecule has 2 aromatic heterocycles. The highest BCUT2D eigenvalue weighted by atomic mass is 79.9. The number of carbonyl (C=O) groups excluding carboxylic acids is 1. The van der Waals surface area contributed by atoms with Crippen LogP contribution in [0.4, 0.5) is 11.5 Å². The van der Waals surface area contributed by atoms with Crippen LogP contribution >= 0.6 is 15.9 Å². The number of hydrogen-bond donors (Lipinski definition) is 4. The largest absolute Gasteiger partial charge is 0.507 e. The zero-order chi connectivity index (χ0) is 22.5. The molecule has 0 spiro atoms. The first-order chi connectivity index (χ1) is 15.5. The van der Waals surface area contributed by atoms with Crippen molar-refractivity contribution in [1.29, 1.82) is 0 Å². The fourth-order valence-electron chi connectivity index (χ4n) is 2.73. The SMILES string of the molecule is Nc1nonc1-n1nnc(C(=O)N/N=C\c2cc(Br)ccc2O)c1CNc1ccccc1. The van der Waals surface area contributed by atoms with Crippen molar-refractivity contribution in [2.75, 3.05) is 11.1 Å². The van der Waals surface area contributed by atoms with Crippen molar-refractivity contribution in [2.45, 2.75) is 6.54 Å². The van der Waals surface area contributed by atoms with Gasteiger partial charge >= 0.3 is 0 Å². The minimum absolute atomic E-state index is 0.00792. The highest BCUT2D eigenvalue weighted by molar-refractivity contribution is 9.10. The van der Waals surface area contributed by atoms with E-state index in [9.17, 15) is 9.90 Å². The first-order valence-corrected chi connectivity index (χ1v) is 9.96. The van der Waals surface area contributed by atoms with Gasteiger partial charge in [-0.3, -0.25) is 4.79 Å². The molecule has 32 heavy (non-hydrogen) atoms. The van der Waals surface area contributed by atoms with Crippen LogP contribution in [0.1, 0.15) is 21.7 Å². The molecule has 4 rings (SSSR count). The van der Waals surface area contributed by atoms with Gasteiger partial charge in [0.2, 0.25) is 11.6 Å². The van der Waals surface area contributed by atoms with Gasteiger partial charge in [-0.2, -0.15) is 9.78 Å². The van der Waals surface area contributed by atoms with Gasteiger partial charge in [0.1, 0.15) is 5.75 Å². The van der Waals surface area contributed by atoms with Crippen molar-refractivity contribution in [2.24, 2.45) is 5.10 Å². The van der Waals surface area contributed by atoms with E-state index in [0.29, 0.717) is 11.3 Å². The molecule has 5 N–H and O–H groups in total. The Hall–Kier alpha value is -4.26. The lowest BCUT2D eigenvalue weighted by Crippen LogP contribution is -2.21. The molecule has 0 fully saturated rings. The number of nitrogens with two attached hydrogens (primary N) is 1. The number of hydrazone groups is 1. The van der Waals surface area contributed by atoms with Crippen LogP contribution in [0, 0.1) is 0 Å². The van der Waals surface area contributed by atoms with E-state index in [1.54, 1.807) is 12.1 Å². The zero-order valence-corrected chi connectivity index (χ0v) is 17.9. The molecule has 0 saturated heterocycles. The Balaban J connectivity index is 1.58. The number of para-hydroxylation sites is 1. The molecule has 0 bridgehead atoms. The summed E-state index contributed by atoms with van der Waals surface area (Å²) < 4.78 is 6.65. The van der Waals surface area contributed by atoms with Crippen molar-refractivity contribution < 1.29 is 14.5 Å². The van der Waals surface area contributed by atoms with Gasteiger partial charge in [0, 0.05) is 15.7 Å². The highest BCUT2D eigenvalue weighted by Gasteiger charge is 2.23. The Morgan fingerprint density at radius 3 is 2.81 bits per heavy atom. The first kappa shape index (κ1) is 21.0. The number of nitrogens with zero attached hydrogens (tertiary/aromatic N) is 6. The van der Waals surface area contributed by atoms with Crippen LogP contribution in [0.25, 0.3) is 5.82 Å². The summed E-state index contributed by atoms with van der Waals surface area (Å²) >= 11 is 3.31. The molecule has 0 unspecified atom stereocenters. The molecule has 0 atom stereocenters. The Labute approximate surface area is 189 Å². The first-order valence-electron chi connectivity index (χ1n) is 9.16. The summed E-state index contributed by atoms with van der Waals surface area (Å²) in [6, 6.07) is 14.2. The normalized spacial score (nSPS) is 11.0. The summed E-state index contributed by atoms with van der Waals surface area (Å²) in [6.07, 6.45) is 1.31. The number of benzene rings is 2. The quantitative estimate of drug-likeness (QED) is 0.220. The molecular formula is C19H16BrN9O3. The summed E-state index contributed by atoms with van der Waals surface area (Å²) in [5.41, 5.74) is 9.73. The van der Waals surface area contributed by atoms with Crippen LogP contribution in [0.5, 0.6) is 5.75 Å². The van der Waals surface area contributed by atoms with E-state index in [-0.39, 0.29) is 29.6 Å². The number of halogens is 1. The molecule has 12 nitrogen and oxygen atoms in total. The van der Waals surface area contributed by atoms with Crippen LogP contribution in [0.15, 0.2) is 62.7 Å². The molecule has 0 aliphatic heterocycles. The smallest absolute Gasteiger partial charge is 0.293 e. The fraction of sp³-hybridized carbons (Fsp3) is 0.0526. The van der Waals surface area contributed by atoms with Gasteiger partial charge in [0.05, 0.1) is 18.5 Å². The predicted molar refractivity (Wildman–Crippen MR) is 118 cm³/mol. The Kier molecular flexibility index (Phi) is 6.07. The second-order valence-corrected chi connectivity index (χ2v) is 7.31. The minimum atomic E-state index is -0.623. The van der Waals surface area contributed by atoms with E-state index in [2.05, 4.69) is 57.0 Å². The molecule has 0 saturated carbocycles. The van der Waals surface area contributed by atoms with E-state index >= 15 is 0 Å². The Bertz CT molecular complexity index is 1270. The van der Waals surface area contributed by atoms with Gasteiger partial charge in [-0.05, 0) is 40.6 Å². The average Bonchev–Trinajstić information content (AvgIpc) is 3.41. The lowest BCUT2D eigenvalue weighted by molar-refractivity contribution is 0.0949. The molecule has 1 amide bonds. The maximum Gasteiger partial charge on any atom is 0.293 e. The van der Waals surface area contributed by atoms with E-state index in [1.807, 2.05) is 30.3 Å². The van der Waals surface area contributed by atoms with Crippen LogP contribution in [0.2, 0.25) is 0 Å². The van der Waals surface area contributed by atoms with E-state index in [1.165, 1.54) is 17.0 Å². The predicted octanol–water partition coefficient (Wildman–Crippen LogP) is 2.08. The third-order valence-electron chi connectivity index (χ3n) is 4.27. The van der Waals surface area contributed by atoms with Gasteiger partial charge in [0.15, 0.2) is 5.69 Å². The monoisotopic (exact) mass is 497 g/mol. The van der Waals surface area contributed by atoms with Crippen LogP contribution in [-0.2, 0) is 6.54 Å². The molecular weight excluding hydrogens is 482 g/mol. The van der Waals surface area contributed by atoms with Crippen LogP contribution in [0.3, 0.4) is 0 Å². The number of hydrogen-bond acceptors (Lipinski definition) is 10. The second-order valence-electron chi connectivity index (χ2n) is 6.39. The minimum Gasteiger partial charge on any atom is -0.507 e. The lowest BCUT2D eigenvalue weighted by atomic mass is 10.2. The van der Waals surface area contributed by atoms with Gasteiger partial charge in [-0.25, -0.2) is 10.1 Å². The number of anilines is 2. The standard InChI is InChI=1S/C19H16BrN9O3/c20-12-6-7-15(30)11(8-12)9-23-25-19(31)16-14(10-22-13-4-2-1-3-5-13)29(28-24-16)18-17(21)26-32-27-18/h1-9,22,30H,10H2,(H2,21,26)(H,25,31)/b23-9-. The number of aromatic nitrogens is 5. The lowest BCUT2D eigenvalue weighted by Gasteiger charge is -2.08. The second kappa shape index (κ2) is 9.26. The molecule has 13 heteroatoms. The number of carbonyl (C=O) groups is 1. The highest BCUT2D eigenvalue weighted by Crippen LogP contribution is 2.20. The maximum absolute atomic E-state index is 12.8. The fourth-order valence-corrected chi connectivity index (χ4v) is 3.11. The number of nitrogens with one attached hydrogen (secondary N) is 2. The molecule has 0 aliphatic rings. The summed E-state index contributed by atoms with van der Waals surface area (Å²) in [6.45, 7) is 0.169. The van der Waals surface area contributed by atoms with E-state index in [4.69, 9.17) is 5.73 Å². The van der Waals surface area contributed by atoms with Crippen molar-refractivity contribution >= 4 is 39.6 Å². The molecule has 2 aromatic carbocycles. The third kappa shape index (κ3) is 4.57. The summed E-state index contributed by atoms with van der Waals surface area (Å²) in [5.74, 6) is -0.518. The van der Waals surface area contributed by atoms with Crippen molar-refractivity contribution in [1.82, 2.24) is 30.7 Å². The molecule has 2 heterocycles. The molecule has 0 aliphatic carbocycles. The van der Waals surface area contributed by atoms with Crippen molar-refractivity contribution in [3.05, 3.63) is 70.0 Å². The number of phenols is 1. The number of phenolic OH excluding ortho intramolecular Hbond substituents is 1. The zero-order valence-electron chi connectivity index (χ0n) is 16.3. The van der Waals surface area contributed by atoms with E-state index in [0.717, 1.165) is 10.2 Å². The molecule has 162 valence electrons. The number of amides is 1. The van der Waals surface area contributed by atoms with Crippen molar-refractivity contribution in [3.8, 4) is 11.6 Å². The topological polar surface area (TPSA) is 169 Å². The average molecular weight is 498 g/mol. The summed E-state index contributed by atoms with van der Waals surface area (Å²) in [4.78, 5) is 12.8. The van der Waals surface area contributed by atoms with Gasteiger partial charge in [0.25, 0.3) is 5.91 Å². The van der Waals surface area contributed by atoms with Gasteiger partial charge in [-0.15, -0.1) is 5.10 Å². The van der Waals surface area contributed by atoms with Gasteiger partial charge < -0.3 is 16.2 Å². The Morgan fingerprint density at radius 2 is 2.06 bits per heavy atom. The summed E-state index contributed by atoms with van der Waals surface area (Å²) in [5, 5.41) is 32.1. The maximum atomic E-state index is 12.8. The summed E-state index contributed by atoms with van der Waals surface area (Å²) in [7, 11) is 0. The third-order valence-corrected chi connectivity index (χ3v) is 4.76.